The molecule has 0 amide bonds. The number of ether oxygens (including phenoxy) is 1. The molecule has 4 atom stereocenters. The maximum atomic E-state index is 12.5. The number of halogens is 2. The molecule has 3 fully saturated rings. The Balaban J connectivity index is 1.80. The Morgan fingerprint density at radius 3 is 2.77 bits per heavy atom. The van der Waals surface area contributed by atoms with Crippen LogP contribution < -0.4 is 15.6 Å². The molecule has 2 bridgehead atoms. The molecular formula is C15H21F2N3O2. The van der Waals surface area contributed by atoms with E-state index in [9.17, 15) is 13.6 Å². The van der Waals surface area contributed by atoms with Crippen molar-refractivity contribution in [3.05, 3.63) is 16.6 Å². The van der Waals surface area contributed by atoms with Crippen molar-refractivity contribution in [2.24, 2.45) is 23.2 Å². The van der Waals surface area contributed by atoms with E-state index in [-0.39, 0.29) is 11.7 Å². The van der Waals surface area contributed by atoms with Crippen LogP contribution in [0.4, 0.5) is 14.5 Å². The second-order valence-corrected chi connectivity index (χ2v) is 7.03. The number of hydrogen-bond acceptors (Lipinski definition) is 4. The zero-order valence-corrected chi connectivity index (χ0v) is 12.9. The van der Waals surface area contributed by atoms with Gasteiger partial charge in [0.15, 0.2) is 0 Å². The fourth-order valence-corrected chi connectivity index (χ4v) is 4.24. The van der Waals surface area contributed by atoms with E-state index in [4.69, 9.17) is 0 Å². The van der Waals surface area contributed by atoms with Crippen LogP contribution in [0.2, 0.25) is 0 Å². The number of anilines is 1. The topological polar surface area (TPSA) is 67.0 Å². The van der Waals surface area contributed by atoms with Crippen molar-refractivity contribution in [1.29, 1.82) is 0 Å². The number of aromatic amines is 1. The molecule has 122 valence electrons. The van der Waals surface area contributed by atoms with E-state index in [1.54, 1.807) is 0 Å². The number of fused-ring (bicyclic) bond motifs is 2. The number of nitrogens with zero attached hydrogens (tertiary/aromatic N) is 1. The molecule has 0 aliphatic heterocycles. The van der Waals surface area contributed by atoms with Gasteiger partial charge in [0.25, 0.3) is 0 Å². The first-order chi connectivity index (χ1) is 10.3. The SMILES string of the molecule is C[C@H]1[C@H]2C[C@H](C[C@H]1Nc1cn[nH]c(=O)c1OC(F)F)C2(C)C. The predicted octanol–water partition coefficient (Wildman–Crippen LogP) is 2.85. The summed E-state index contributed by atoms with van der Waals surface area (Å²) in [7, 11) is 0. The van der Waals surface area contributed by atoms with Gasteiger partial charge in [-0.15, -0.1) is 0 Å². The molecular weight excluding hydrogens is 292 g/mol. The van der Waals surface area contributed by atoms with Crippen molar-refractivity contribution in [2.45, 2.75) is 46.3 Å². The average Bonchev–Trinajstić information content (AvgIpc) is 2.43. The van der Waals surface area contributed by atoms with Crippen molar-refractivity contribution in [3.63, 3.8) is 0 Å². The number of aromatic nitrogens is 2. The highest BCUT2D eigenvalue weighted by Gasteiger charge is 2.56. The van der Waals surface area contributed by atoms with E-state index in [1.165, 1.54) is 12.6 Å². The first-order valence-electron chi connectivity index (χ1n) is 7.59. The summed E-state index contributed by atoms with van der Waals surface area (Å²) in [6.45, 7) is 3.71. The van der Waals surface area contributed by atoms with E-state index in [0.29, 0.717) is 23.2 Å². The molecule has 3 aliphatic carbocycles. The molecule has 2 N–H and O–H groups in total. The van der Waals surface area contributed by atoms with Gasteiger partial charge in [-0.2, -0.15) is 13.9 Å². The molecule has 0 aromatic carbocycles. The van der Waals surface area contributed by atoms with Crippen LogP contribution in [0.3, 0.4) is 0 Å². The quantitative estimate of drug-likeness (QED) is 0.897. The minimum atomic E-state index is -3.04. The van der Waals surface area contributed by atoms with Crippen LogP contribution in [0, 0.1) is 23.2 Å². The average molecular weight is 313 g/mol. The molecule has 7 heteroatoms. The normalized spacial score (nSPS) is 32.5. The molecule has 0 saturated heterocycles. The van der Waals surface area contributed by atoms with Crippen molar-refractivity contribution in [1.82, 2.24) is 10.2 Å². The molecule has 3 saturated carbocycles. The van der Waals surface area contributed by atoms with Gasteiger partial charge >= 0.3 is 12.2 Å². The molecule has 0 radical (unpaired) electrons. The van der Waals surface area contributed by atoms with Crippen molar-refractivity contribution in [3.8, 4) is 5.75 Å². The summed E-state index contributed by atoms with van der Waals surface area (Å²) in [5.74, 6) is 1.24. The Hall–Kier alpha value is -1.66. The largest absolute Gasteiger partial charge is 0.427 e. The summed E-state index contributed by atoms with van der Waals surface area (Å²) in [6, 6.07) is 0.139. The van der Waals surface area contributed by atoms with Crippen LogP contribution in [0.5, 0.6) is 5.75 Å². The summed E-state index contributed by atoms with van der Waals surface area (Å²) in [6.07, 6.45) is 3.52. The van der Waals surface area contributed by atoms with Gasteiger partial charge in [0, 0.05) is 6.04 Å². The number of alkyl halides is 2. The summed E-state index contributed by atoms with van der Waals surface area (Å²) in [5.41, 5.74) is -0.175. The summed E-state index contributed by atoms with van der Waals surface area (Å²) >= 11 is 0. The van der Waals surface area contributed by atoms with Gasteiger partial charge in [-0.05, 0) is 36.0 Å². The van der Waals surface area contributed by atoms with E-state index >= 15 is 0 Å². The molecule has 4 rings (SSSR count). The second-order valence-electron chi connectivity index (χ2n) is 7.03. The van der Waals surface area contributed by atoms with Crippen molar-refractivity contribution < 1.29 is 13.5 Å². The lowest BCUT2D eigenvalue weighted by molar-refractivity contribution is -0.105. The summed E-state index contributed by atoms with van der Waals surface area (Å²) in [5, 5.41) is 9.00. The summed E-state index contributed by atoms with van der Waals surface area (Å²) in [4.78, 5) is 11.7. The number of rotatable bonds is 4. The van der Waals surface area contributed by atoms with Crippen LogP contribution in [0.15, 0.2) is 11.0 Å². The lowest BCUT2D eigenvalue weighted by atomic mass is 9.45. The molecule has 1 heterocycles. The fourth-order valence-electron chi connectivity index (χ4n) is 4.24. The van der Waals surface area contributed by atoms with E-state index in [2.05, 4.69) is 41.0 Å². The standard InChI is InChI=1S/C15H21F2N3O2/c1-7-9-4-8(15(9,2)3)5-10(7)19-11-6-18-20-13(21)12(11)22-14(16)17/h6-10,14H,4-5H2,1-3H3,(H2,19,20,21)/t7-,8+,9+,10+/m0/s1. The molecule has 5 nitrogen and oxygen atoms in total. The highest BCUT2D eigenvalue weighted by atomic mass is 19.3. The van der Waals surface area contributed by atoms with Crippen molar-refractivity contribution >= 4 is 5.69 Å². The highest BCUT2D eigenvalue weighted by Crippen LogP contribution is 2.61. The third-order valence-electron chi connectivity index (χ3n) is 5.71. The van der Waals surface area contributed by atoms with E-state index in [0.717, 1.165) is 6.42 Å². The first kappa shape index (κ1) is 15.2. The minimum Gasteiger partial charge on any atom is -0.427 e. The van der Waals surface area contributed by atoms with Crippen LogP contribution in [-0.2, 0) is 0 Å². The lowest BCUT2D eigenvalue weighted by Crippen LogP contribution is -2.58. The van der Waals surface area contributed by atoms with Gasteiger partial charge in [-0.1, -0.05) is 20.8 Å². The van der Waals surface area contributed by atoms with Gasteiger partial charge in [0.05, 0.1) is 6.20 Å². The van der Waals surface area contributed by atoms with Gasteiger partial charge in [-0.3, -0.25) is 4.79 Å². The lowest BCUT2D eigenvalue weighted by Gasteiger charge is -2.62. The highest BCUT2D eigenvalue weighted by molar-refractivity contribution is 5.54. The Bertz CT molecular complexity index is 617. The zero-order valence-electron chi connectivity index (χ0n) is 12.9. The molecule has 3 aliphatic rings. The fraction of sp³-hybridized carbons (Fsp3) is 0.733. The third kappa shape index (κ3) is 2.36. The van der Waals surface area contributed by atoms with E-state index < -0.39 is 17.9 Å². The van der Waals surface area contributed by atoms with Crippen LogP contribution >= 0.6 is 0 Å². The van der Waals surface area contributed by atoms with Gasteiger partial charge in [0.2, 0.25) is 5.75 Å². The van der Waals surface area contributed by atoms with Crippen LogP contribution in [0.25, 0.3) is 0 Å². The maximum absolute atomic E-state index is 12.5. The van der Waals surface area contributed by atoms with Gasteiger partial charge in [0.1, 0.15) is 5.69 Å². The van der Waals surface area contributed by atoms with Gasteiger partial charge in [-0.25, -0.2) is 5.10 Å². The number of nitrogens with one attached hydrogen (secondary N) is 2. The maximum Gasteiger partial charge on any atom is 0.387 e. The monoisotopic (exact) mass is 313 g/mol. The smallest absolute Gasteiger partial charge is 0.387 e. The molecule has 0 unspecified atom stereocenters. The number of H-pyrrole nitrogens is 1. The van der Waals surface area contributed by atoms with Crippen LogP contribution in [-0.4, -0.2) is 22.9 Å². The zero-order chi connectivity index (χ0) is 16.1. The minimum absolute atomic E-state index is 0.139. The Labute approximate surface area is 127 Å². The molecule has 0 spiro atoms. The van der Waals surface area contributed by atoms with E-state index in [1.807, 2.05) is 0 Å². The first-order valence-corrected chi connectivity index (χ1v) is 7.59. The third-order valence-corrected chi connectivity index (χ3v) is 5.71. The number of hydrogen-bond donors (Lipinski definition) is 2. The van der Waals surface area contributed by atoms with Crippen molar-refractivity contribution in [2.75, 3.05) is 5.32 Å². The van der Waals surface area contributed by atoms with Gasteiger partial charge < -0.3 is 10.1 Å². The Morgan fingerprint density at radius 2 is 2.18 bits per heavy atom. The molecule has 22 heavy (non-hydrogen) atoms. The molecule has 1 aromatic rings. The Kier molecular flexibility index (Phi) is 3.61. The van der Waals surface area contributed by atoms with Crippen LogP contribution in [0.1, 0.15) is 33.6 Å². The second kappa shape index (κ2) is 5.21. The summed E-state index contributed by atoms with van der Waals surface area (Å²) < 4.78 is 29.3. The predicted molar refractivity (Wildman–Crippen MR) is 78.1 cm³/mol. The Morgan fingerprint density at radius 1 is 1.45 bits per heavy atom. The molecule has 1 aromatic heterocycles.